The molecule has 0 saturated carbocycles. The first-order valence-corrected chi connectivity index (χ1v) is 9.09. The van der Waals surface area contributed by atoms with Crippen LogP contribution in [0.4, 0.5) is 0 Å². The van der Waals surface area contributed by atoms with Crippen molar-refractivity contribution in [1.82, 2.24) is 9.88 Å². The molecule has 0 aromatic carbocycles. The highest BCUT2D eigenvalue weighted by Crippen LogP contribution is 2.24. The Kier molecular flexibility index (Phi) is 4.46. The van der Waals surface area contributed by atoms with Crippen LogP contribution in [0.15, 0.2) is 0 Å². The Bertz CT molecular complexity index is 609. The van der Waals surface area contributed by atoms with Gasteiger partial charge in [0.1, 0.15) is 4.88 Å². The summed E-state index contributed by atoms with van der Waals surface area (Å²) in [7, 11) is -3.48. The first-order valence-electron chi connectivity index (χ1n) is 6.56. The summed E-state index contributed by atoms with van der Waals surface area (Å²) in [5, 5.41) is 6.00. The molecule has 2 rings (SSSR count). The predicted molar refractivity (Wildman–Crippen MR) is 78.2 cm³/mol. The van der Waals surface area contributed by atoms with Crippen LogP contribution in [0.1, 0.15) is 33.7 Å². The highest BCUT2D eigenvalue weighted by molar-refractivity contribution is 7.89. The average Bonchev–Trinajstić information content (AvgIpc) is 2.93. The molecule has 6 nitrogen and oxygen atoms in total. The van der Waals surface area contributed by atoms with Crippen molar-refractivity contribution in [3.8, 4) is 0 Å². The lowest BCUT2D eigenvalue weighted by Gasteiger charge is -2.15. The number of carbonyl (C=O) groups excluding carboxylic acids is 1. The third-order valence-electron chi connectivity index (χ3n) is 3.38. The molecule has 0 unspecified atom stereocenters. The largest absolute Gasteiger partial charge is 0.338 e. The summed E-state index contributed by atoms with van der Waals surface area (Å²) < 4.78 is 22.2. The number of aryl methyl sites for hydroxylation is 2. The van der Waals surface area contributed by atoms with E-state index in [2.05, 4.69) is 4.98 Å². The molecule has 20 heavy (non-hydrogen) atoms. The van der Waals surface area contributed by atoms with Gasteiger partial charge < -0.3 is 4.90 Å². The van der Waals surface area contributed by atoms with Gasteiger partial charge in [-0.3, -0.25) is 4.79 Å². The number of rotatable bonds is 4. The molecule has 0 aliphatic carbocycles. The van der Waals surface area contributed by atoms with Gasteiger partial charge in [0.15, 0.2) is 0 Å². The van der Waals surface area contributed by atoms with E-state index in [1.54, 1.807) is 4.90 Å². The number of hydrogen-bond acceptors (Lipinski definition) is 5. The van der Waals surface area contributed by atoms with Crippen LogP contribution >= 0.6 is 11.3 Å². The molecule has 0 bridgehead atoms. The molecule has 1 amide bonds. The van der Waals surface area contributed by atoms with E-state index in [1.807, 2.05) is 13.8 Å². The number of thiazole rings is 1. The molecule has 0 spiro atoms. The van der Waals surface area contributed by atoms with Crippen LogP contribution in [0.25, 0.3) is 0 Å². The number of hydrogen-bond donors (Lipinski definition) is 1. The Balaban J connectivity index is 2.06. The van der Waals surface area contributed by atoms with Crippen LogP contribution in [0.3, 0.4) is 0 Å². The van der Waals surface area contributed by atoms with Gasteiger partial charge in [0.05, 0.1) is 16.5 Å². The van der Waals surface area contributed by atoms with Crippen molar-refractivity contribution >= 4 is 27.3 Å². The van der Waals surface area contributed by atoms with Crippen molar-refractivity contribution in [3.63, 3.8) is 0 Å². The summed E-state index contributed by atoms with van der Waals surface area (Å²) in [5.74, 6) is -0.164. The molecule has 1 aliphatic rings. The molecule has 1 aliphatic heterocycles. The van der Waals surface area contributed by atoms with Crippen LogP contribution < -0.4 is 5.14 Å². The van der Waals surface area contributed by atoms with Gasteiger partial charge in [-0.2, -0.15) is 0 Å². The van der Waals surface area contributed by atoms with Crippen molar-refractivity contribution < 1.29 is 13.2 Å². The maximum absolute atomic E-state index is 12.4. The number of amides is 1. The Morgan fingerprint density at radius 2 is 2.25 bits per heavy atom. The summed E-state index contributed by atoms with van der Waals surface area (Å²) in [5.41, 5.74) is 0.756. The fourth-order valence-electron chi connectivity index (χ4n) is 2.43. The minimum Gasteiger partial charge on any atom is -0.338 e. The normalized spacial score (nSPS) is 19.6. The van der Waals surface area contributed by atoms with Gasteiger partial charge in [0.2, 0.25) is 10.0 Å². The summed E-state index contributed by atoms with van der Waals surface area (Å²) >= 11 is 1.42. The van der Waals surface area contributed by atoms with Gasteiger partial charge >= 0.3 is 0 Å². The van der Waals surface area contributed by atoms with Crippen molar-refractivity contribution in [3.05, 3.63) is 15.6 Å². The fraction of sp³-hybridized carbons (Fsp3) is 0.667. The molecule has 1 aromatic heterocycles. The van der Waals surface area contributed by atoms with E-state index in [4.69, 9.17) is 5.14 Å². The van der Waals surface area contributed by atoms with E-state index in [-0.39, 0.29) is 17.6 Å². The Labute approximate surface area is 123 Å². The fourth-order valence-corrected chi connectivity index (χ4v) is 4.33. The third kappa shape index (κ3) is 3.56. The molecule has 1 fully saturated rings. The minimum atomic E-state index is -3.48. The molecule has 2 N–H and O–H groups in total. The molecule has 1 atom stereocenters. The SMILES string of the molecule is CCc1nc(C)c(C(=O)N2CC[C@H](CS(N)(=O)=O)C2)s1. The van der Waals surface area contributed by atoms with Gasteiger partial charge in [0.25, 0.3) is 5.91 Å². The van der Waals surface area contributed by atoms with E-state index in [1.165, 1.54) is 11.3 Å². The molecular formula is C12H19N3O3S2. The summed E-state index contributed by atoms with van der Waals surface area (Å²) in [6, 6.07) is 0. The lowest BCUT2D eigenvalue weighted by atomic mass is 10.2. The third-order valence-corrected chi connectivity index (χ3v) is 5.60. The zero-order chi connectivity index (χ0) is 14.9. The predicted octanol–water partition coefficient (Wildman–Crippen LogP) is 0.765. The van der Waals surface area contributed by atoms with Gasteiger partial charge in [-0.05, 0) is 25.7 Å². The number of primary sulfonamides is 1. The summed E-state index contributed by atoms with van der Waals surface area (Å²) in [6.45, 7) is 4.87. The highest BCUT2D eigenvalue weighted by atomic mass is 32.2. The summed E-state index contributed by atoms with van der Waals surface area (Å²) in [6.07, 6.45) is 1.49. The lowest BCUT2D eigenvalue weighted by Crippen LogP contribution is -2.30. The quantitative estimate of drug-likeness (QED) is 0.887. The first-order chi connectivity index (χ1) is 9.30. The van der Waals surface area contributed by atoms with Crippen LogP contribution in [0.2, 0.25) is 0 Å². The zero-order valence-corrected chi connectivity index (χ0v) is 13.3. The van der Waals surface area contributed by atoms with Crippen molar-refractivity contribution in [2.45, 2.75) is 26.7 Å². The van der Waals surface area contributed by atoms with Crippen molar-refractivity contribution in [2.75, 3.05) is 18.8 Å². The minimum absolute atomic E-state index is 0.0448. The summed E-state index contributed by atoms with van der Waals surface area (Å²) in [4.78, 5) is 19.1. The average molecular weight is 317 g/mol. The second-order valence-electron chi connectivity index (χ2n) is 5.11. The lowest BCUT2D eigenvalue weighted by molar-refractivity contribution is 0.0792. The molecular weight excluding hydrogens is 298 g/mol. The van der Waals surface area contributed by atoms with Gasteiger partial charge in [0, 0.05) is 13.1 Å². The van der Waals surface area contributed by atoms with Crippen LogP contribution in [0.5, 0.6) is 0 Å². The topological polar surface area (TPSA) is 93.4 Å². The Morgan fingerprint density at radius 3 is 2.80 bits per heavy atom. The second kappa shape index (κ2) is 5.79. The first kappa shape index (κ1) is 15.4. The van der Waals surface area contributed by atoms with E-state index >= 15 is 0 Å². The molecule has 8 heteroatoms. The van der Waals surface area contributed by atoms with Gasteiger partial charge in [-0.15, -0.1) is 11.3 Å². The molecule has 0 radical (unpaired) electrons. The van der Waals surface area contributed by atoms with Crippen LogP contribution in [-0.4, -0.2) is 43.1 Å². The van der Waals surface area contributed by atoms with E-state index in [9.17, 15) is 13.2 Å². The van der Waals surface area contributed by atoms with E-state index in [0.717, 1.165) is 17.1 Å². The van der Waals surface area contributed by atoms with E-state index in [0.29, 0.717) is 24.4 Å². The number of sulfonamides is 1. The monoisotopic (exact) mass is 317 g/mol. The van der Waals surface area contributed by atoms with Crippen molar-refractivity contribution in [2.24, 2.45) is 11.1 Å². The van der Waals surface area contributed by atoms with Gasteiger partial charge in [-0.1, -0.05) is 6.92 Å². The molecule has 112 valence electrons. The Hall–Kier alpha value is -0.990. The smallest absolute Gasteiger partial charge is 0.265 e. The maximum atomic E-state index is 12.4. The Morgan fingerprint density at radius 1 is 1.55 bits per heavy atom. The second-order valence-corrected chi connectivity index (χ2v) is 7.85. The highest BCUT2D eigenvalue weighted by Gasteiger charge is 2.30. The standard InChI is InChI=1S/C12H19N3O3S2/c1-3-10-14-8(2)11(19-10)12(16)15-5-4-9(6-15)7-20(13,17)18/h9H,3-7H2,1-2H3,(H2,13,17,18)/t9-/m0/s1. The molecule has 1 saturated heterocycles. The molecule has 2 heterocycles. The number of carbonyl (C=O) groups is 1. The van der Waals surface area contributed by atoms with Crippen LogP contribution in [-0.2, 0) is 16.4 Å². The molecule has 1 aromatic rings. The number of nitrogens with two attached hydrogens (primary N) is 1. The maximum Gasteiger partial charge on any atom is 0.265 e. The number of likely N-dealkylation sites (tertiary alicyclic amines) is 1. The number of aromatic nitrogens is 1. The number of nitrogens with zero attached hydrogens (tertiary/aromatic N) is 2. The zero-order valence-electron chi connectivity index (χ0n) is 11.6. The van der Waals surface area contributed by atoms with Gasteiger partial charge in [-0.25, -0.2) is 18.5 Å². The van der Waals surface area contributed by atoms with Crippen molar-refractivity contribution in [1.29, 1.82) is 0 Å². The van der Waals surface area contributed by atoms with Crippen LogP contribution in [0, 0.1) is 12.8 Å². The van der Waals surface area contributed by atoms with E-state index < -0.39 is 10.0 Å².